The summed E-state index contributed by atoms with van der Waals surface area (Å²) < 4.78 is 44.2. The Labute approximate surface area is 156 Å². The lowest BCUT2D eigenvalue weighted by atomic mass is 10.1. The summed E-state index contributed by atoms with van der Waals surface area (Å²) in [7, 11) is 0. The van der Waals surface area contributed by atoms with Crippen molar-refractivity contribution in [2.75, 3.05) is 25.4 Å². The first-order valence-corrected chi connectivity index (χ1v) is 8.54. The molecule has 1 aromatic carbocycles. The van der Waals surface area contributed by atoms with Gasteiger partial charge in [-0.3, -0.25) is 4.79 Å². The van der Waals surface area contributed by atoms with Crippen molar-refractivity contribution < 1.29 is 27.5 Å². The molecule has 6 nitrogen and oxygen atoms in total. The second kappa shape index (κ2) is 7.28. The van der Waals surface area contributed by atoms with Crippen LogP contribution in [-0.2, 0) is 10.9 Å². The maximum atomic E-state index is 13.0. The van der Waals surface area contributed by atoms with Gasteiger partial charge in [0.25, 0.3) is 5.91 Å². The topological polar surface area (TPSA) is 75.9 Å². The Bertz CT molecular complexity index is 729. The summed E-state index contributed by atoms with van der Waals surface area (Å²) in [6.45, 7) is 7.65. The molecule has 2 amide bonds. The van der Waals surface area contributed by atoms with Crippen molar-refractivity contribution in [3.63, 3.8) is 0 Å². The van der Waals surface area contributed by atoms with Crippen LogP contribution in [0.15, 0.2) is 18.2 Å². The third-order valence-electron chi connectivity index (χ3n) is 4.07. The quantitative estimate of drug-likeness (QED) is 0.750. The summed E-state index contributed by atoms with van der Waals surface area (Å²) in [5, 5.41) is 0. The Hall–Kier alpha value is -2.45. The number of carbonyl (C=O) groups excluding carboxylic acids is 2. The van der Waals surface area contributed by atoms with E-state index in [9.17, 15) is 22.8 Å². The maximum Gasteiger partial charge on any atom is 0.416 e. The molecule has 0 bridgehead atoms. The number of hydrogen-bond acceptors (Lipinski definition) is 4. The molecule has 1 unspecified atom stereocenters. The summed E-state index contributed by atoms with van der Waals surface area (Å²) in [6, 6.07) is 2.44. The van der Waals surface area contributed by atoms with Gasteiger partial charge in [-0.05, 0) is 45.9 Å². The number of nitrogen functional groups attached to an aromatic ring is 1. The third-order valence-corrected chi connectivity index (χ3v) is 4.07. The molecule has 2 N–H and O–H groups in total. The highest BCUT2D eigenvalue weighted by atomic mass is 19.4. The minimum Gasteiger partial charge on any atom is -0.444 e. The monoisotopic (exact) mass is 387 g/mol. The van der Waals surface area contributed by atoms with E-state index < -0.39 is 29.3 Å². The van der Waals surface area contributed by atoms with Crippen LogP contribution in [0.3, 0.4) is 0 Å². The molecule has 1 aromatic rings. The molecule has 0 saturated carbocycles. The van der Waals surface area contributed by atoms with E-state index in [4.69, 9.17) is 10.5 Å². The van der Waals surface area contributed by atoms with E-state index in [2.05, 4.69) is 0 Å². The SMILES string of the molecule is CC1CN(C(=O)OC(C)(C)C)CCN1C(=O)c1cc(N)cc(C(F)(F)F)c1. The van der Waals surface area contributed by atoms with Gasteiger partial charge >= 0.3 is 12.3 Å². The number of hydrogen-bond donors (Lipinski definition) is 1. The van der Waals surface area contributed by atoms with Crippen LogP contribution >= 0.6 is 0 Å². The van der Waals surface area contributed by atoms with E-state index in [-0.39, 0.29) is 36.9 Å². The van der Waals surface area contributed by atoms with Crippen molar-refractivity contribution >= 4 is 17.7 Å². The standard InChI is InChI=1S/C18H24F3N3O3/c1-11-10-23(16(26)27-17(2,3)4)5-6-24(11)15(25)12-7-13(18(19,20)21)9-14(22)8-12/h7-9,11H,5-6,10,22H2,1-4H3. The summed E-state index contributed by atoms with van der Waals surface area (Å²) in [5.74, 6) is -0.552. The van der Waals surface area contributed by atoms with Crippen molar-refractivity contribution in [3.05, 3.63) is 29.3 Å². The van der Waals surface area contributed by atoms with Crippen molar-refractivity contribution in [3.8, 4) is 0 Å². The molecule has 27 heavy (non-hydrogen) atoms. The Balaban J connectivity index is 2.13. The fourth-order valence-electron chi connectivity index (χ4n) is 2.86. The summed E-state index contributed by atoms with van der Waals surface area (Å²) in [6.07, 6.45) is -5.07. The fraction of sp³-hybridized carbons (Fsp3) is 0.556. The molecule has 1 saturated heterocycles. The number of ether oxygens (including phenoxy) is 1. The number of benzene rings is 1. The lowest BCUT2D eigenvalue weighted by Gasteiger charge is -2.40. The van der Waals surface area contributed by atoms with Crippen molar-refractivity contribution in [2.45, 2.75) is 45.5 Å². The van der Waals surface area contributed by atoms with Gasteiger partial charge in [0.15, 0.2) is 0 Å². The molecule has 0 aromatic heterocycles. The average molecular weight is 387 g/mol. The fourth-order valence-corrected chi connectivity index (χ4v) is 2.86. The van der Waals surface area contributed by atoms with Crippen molar-refractivity contribution in [1.29, 1.82) is 0 Å². The summed E-state index contributed by atoms with van der Waals surface area (Å²) in [4.78, 5) is 27.8. The number of alkyl halides is 3. The molecule has 0 spiro atoms. The number of nitrogens with two attached hydrogens (primary N) is 1. The Kier molecular flexibility index (Phi) is 5.63. The molecule has 0 aliphatic carbocycles. The van der Waals surface area contributed by atoms with Gasteiger partial charge < -0.3 is 20.3 Å². The van der Waals surface area contributed by atoms with E-state index >= 15 is 0 Å². The van der Waals surface area contributed by atoms with Gasteiger partial charge in [-0.25, -0.2) is 4.79 Å². The first kappa shape index (κ1) is 20.9. The molecular formula is C18H24F3N3O3. The first-order chi connectivity index (χ1) is 12.3. The third kappa shape index (κ3) is 5.27. The number of carbonyl (C=O) groups is 2. The maximum absolute atomic E-state index is 13.0. The molecule has 9 heteroatoms. The molecule has 1 fully saturated rings. The van der Waals surface area contributed by atoms with Crippen LogP contribution in [0, 0.1) is 0 Å². The molecule has 1 heterocycles. The zero-order chi connectivity index (χ0) is 20.6. The number of nitrogens with zero attached hydrogens (tertiary/aromatic N) is 2. The summed E-state index contributed by atoms with van der Waals surface area (Å²) in [5.41, 5.74) is 3.68. The highest BCUT2D eigenvalue weighted by Crippen LogP contribution is 2.32. The van der Waals surface area contributed by atoms with Gasteiger partial charge in [0, 0.05) is 36.9 Å². The van der Waals surface area contributed by atoms with Gasteiger partial charge in [0.2, 0.25) is 0 Å². The highest BCUT2D eigenvalue weighted by molar-refractivity contribution is 5.95. The zero-order valence-corrected chi connectivity index (χ0v) is 15.8. The Morgan fingerprint density at radius 1 is 1.15 bits per heavy atom. The minimum atomic E-state index is -4.59. The van der Waals surface area contributed by atoms with E-state index in [1.807, 2.05) is 0 Å². The van der Waals surface area contributed by atoms with Crippen LogP contribution in [0.4, 0.5) is 23.7 Å². The molecular weight excluding hydrogens is 363 g/mol. The molecule has 1 atom stereocenters. The first-order valence-electron chi connectivity index (χ1n) is 8.54. The normalized spacial score (nSPS) is 18.4. The minimum absolute atomic E-state index is 0.125. The zero-order valence-electron chi connectivity index (χ0n) is 15.8. The molecule has 0 radical (unpaired) electrons. The van der Waals surface area contributed by atoms with Gasteiger partial charge in [-0.15, -0.1) is 0 Å². The lowest BCUT2D eigenvalue weighted by Crippen LogP contribution is -2.56. The number of amides is 2. The van der Waals surface area contributed by atoms with Crippen LogP contribution < -0.4 is 5.73 Å². The van der Waals surface area contributed by atoms with Gasteiger partial charge in [-0.1, -0.05) is 0 Å². The highest BCUT2D eigenvalue weighted by Gasteiger charge is 2.35. The lowest BCUT2D eigenvalue weighted by molar-refractivity contribution is -0.137. The van der Waals surface area contributed by atoms with E-state index in [1.54, 1.807) is 27.7 Å². The van der Waals surface area contributed by atoms with Gasteiger partial charge in [0.1, 0.15) is 5.60 Å². The van der Waals surface area contributed by atoms with Crippen LogP contribution in [0.2, 0.25) is 0 Å². The van der Waals surface area contributed by atoms with Gasteiger partial charge in [0.05, 0.1) is 5.56 Å². The largest absolute Gasteiger partial charge is 0.444 e. The second-order valence-electron chi connectivity index (χ2n) is 7.62. The number of piperazine rings is 1. The second-order valence-corrected chi connectivity index (χ2v) is 7.62. The van der Waals surface area contributed by atoms with Crippen molar-refractivity contribution in [1.82, 2.24) is 9.80 Å². The number of halogens is 3. The van der Waals surface area contributed by atoms with Crippen molar-refractivity contribution in [2.24, 2.45) is 0 Å². The number of rotatable bonds is 1. The van der Waals surface area contributed by atoms with E-state index in [0.717, 1.165) is 12.1 Å². The molecule has 150 valence electrons. The van der Waals surface area contributed by atoms with Crippen LogP contribution in [-0.4, -0.2) is 53.1 Å². The Morgan fingerprint density at radius 3 is 2.30 bits per heavy atom. The molecule has 2 rings (SSSR count). The molecule has 1 aliphatic rings. The van der Waals surface area contributed by atoms with Crippen LogP contribution in [0.25, 0.3) is 0 Å². The average Bonchev–Trinajstić information content (AvgIpc) is 2.51. The smallest absolute Gasteiger partial charge is 0.416 e. The van der Waals surface area contributed by atoms with Crippen LogP contribution in [0.1, 0.15) is 43.6 Å². The van der Waals surface area contributed by atoms with Gasteiger partial charge in [-0.2, -0.15) is 13.2 Å². The number of anilines is 1. The molecule has 1 aliphatic heterocycles. The van der Waals surface area contributed by atoms with E-state index in [1.165, 1.54) is 15.9 Å². The predicted molar refractivity (Wildman–Crippen MR) is 94.2 cm³/mol. The van der Waals surface area contributed by atoms with E-state index in [0.29, 0.717) is 0 Å². The Morgan fingerprint density at radius 2 is 1.78 bits per heavy atom. The summed E-state index contributed by atoms with van der Waals surface area (Å²) >= 11 is 0. The van der Waals surface area contributed by atoms with Crippen LogP contribution in [0.5, 0.6) is 0 Å². The predicted octanol–water partition coefficient (Wildman–Crippen LogP) is 3.37.